The molecule has 1 aliphatic rings. The van der Waals surface area contributed by atoms with Crippen LogP contribution in [0.4, 0.5) is 0 Å². The fraction of sp³-hybridized carbons (Fsp3) is 0.294. The smallest absolute Gasteiger partial charge is 0.240 e. The zero-order valence-electron chi connectivity index (χ0n) is 13.2. The number of carbonyl (C=O) groups is 1. The number of hydrogen-bond acceptors (Lipinski definition) is 4. The van der Waals surface area contributed by atoms with Gasteiger partial charge in [0.2, 0.25) is 5.91 Å². The summed E-state index contributed by atoms with van der Waals surface area (Å²) in [7, 11) is -3.35. The maximum absolute atomic E-state index is 12.1. The van der Waals surface area contributed by atoms with Gasteiger partial charge in [-0.2, -0.15) is 5.10 Å². The molecule has 0 saturated heterocycles. The molecule has 0 fully saturated rings. The third-order valence-corrected chi connectivity index (χ3v) is 5.25. The van der Waals surface area contributed by atoms with Gasteiger partial charge in [0.05, 0.1) is 16.4 Å². The molecule has 122 valence electrons. The molecule has 2 rings (SSSR count). The molecule has 0 bridgehead atoms. The van der Waals surface area contributed by atoms with Crippen molar-refractivity contribution in [3.8, 4) is 0 Å². The largest absolute Gasteiger partial charge is 0.273 e. The molecule has 6 heteroatoms. The Morgan fingerprint density at radius 2 is 2.22 bits per heavy atom. The van der Waals surface area contributed by atoms with Crippen molar-refractivity contribution >= 4 is 27.5 Å². The van der Waals surface area contributed by atoms with Crippen LogP contribution in [0, 0.1) is 5.92 Å². The van der Waals surface area contributed by atoms with E-state index in [0.29, 0.717) is 6.42 Å². The Morgan fingerprint density at radius 1 is 1.48 bits per heavy atom. The van der Waals surface area contributed by atoms with Crippen LogP contribution in [0.5, 0.6) is 0 Å². The van der Waals surface area contributed by atoms with Crippen molar-refractivity contribution in [1.82, 2.24) is 5.43 Å². The number of nitrogens with zero attached hydrogens (tertiary/aromatic N) is 1. The van der Waals surface area contributed by atoms with Crippen LogP contribution in [0.3, 0.4) is 0 Å². The summed E-state index contributed by atoms with van der Waals surface area (Å²) in [6.45, 7) is 7.32. The zero-order valence-corrected chi connectivity index (χ0v) is 14.1. The summed E-state index contributed by atoms with van der Waals surface area (Å²) in [5.41, 5.74) is 4.97. The number of amides is 1. The molecule has 0 spiro atoms. The third kappa shape index (κ3) is 4.16. The first-order valence-corrected chi connectivity index (χ1v) is 8.97. The Balaban J connectivity index is 2.33. The summed E-state index contributed by atoms with van der Waals surface area (Å²) in [4.78, 5) is 11.6. The summed E-state index contributed by atoms with van der Waals surface area (Å²) < 4.78 is 24.2. The molecule has 1 heterocycles. The first-order valence-electron chi connectivity index (χ1n) is 7.32. The van der Waals surface area contributed by atoms with Crippen LogP contribution in [0.15, 0.2) is 52.5 Å². The van der Waals surface area contributed by atoms with Gasteiger partial charge in [-0.3, -0.25) is 4.79 Å². The van der Waals surface area contributed by atoms with E-state index < -0.39 is 9.84 Å². The highest BCUT2D eigenvalue weighted by atomic mass is 32.2. The average Bonchev–Trinajstić information content (AvgIpc) is 2.47. The van der Waals surface area contributed by atoms with Crippen molar-refractivity contribution in [2.75, 3.05) is 5.75 Å². The number of benzene rings is 1. The molecule has 1 aliphatic heterocycles. The van der Waals surface area contributed by atoms with E-state index in [-0.39, 0.29) is 22.5 Å². The highest BCUT2D eigenvalue weighted by Gasteiger charge is 2.21. The summed E-state index contributed by atoms with van der Waals surface area (Å²) in [6.07, 6.45) is 3.65. The second-order valence-corrected chi connectivity index (χ2v) is 7.64. The van der Waals surface area contributed by atoms with Crippen LogP contribution in [0.1, 0.15) is 25.8 Å². The lowest BCUT2D eigenvalue weighted by molar-refractivity contribution is -0.121. The molecule has 5 nitrogen and oxygen atoms in total. The molecule has 1 amide bonds. The fourth-order valence-electron chi connectivity index (χ4n) is 2.50. The lowest BCUT2D eigenvalue weighted by Gasteiger charge is -2.19. The van der Waals surface area contributed by atoms with E-state index in [4.69, 9.17) is 0 Å². The Bertz CT molecular complexity index is 792. The maximum atomic E-state index is 12.1. The van der Waals surface area contributed by atoms with Crippen molar-refractivity contribution in [3.05, 3.63) is 48.1 Å². The van der Waals surface area contributed by atoms with Gasteiger partial charge in [0.1, 0.15) is 0 Å². The van der Waals surface area contributed by atoms with Crippen LogP contribution in [-0.4, -0.2) is 25.8 Å². The summed E-state index contributed by atoms with van der Waals surface area (Å²) >= 11 is 0. The number of rotatable bonds is 5. The minimum absolute atomic E-state index is 0.0349. The second-order valence-electron chi connectivity index (χ2n) is 5.61. The van der Waals surface area contributed by atoms with Gasteiger partial charge in [0.25, 0.3) is 0 Å². The molecule has 0 aromatic heterocycles. The van der Waals surface area contributed by atoms with Gasteiger partial charge in [-0.15, -0.1) is 6.58 Å². The minimum atomic E-state index is -3.35. The zero-order chi connectivity index (χ0) is 17.0. The number of sulfone groups is 1. The van der Waals surface area contributed by atoms with Gasteiger partial charge in [-0.25, -0.2) is 13.8 Å². The van der Waals surface area contributed by atoms with Crippen LogP contribution in [0.25, 0.3) is 6.08 Å². The SMILES string of the molecule is C=CCS(=O)(=O)c1cccc(C=C(C)C2=NNC(=O)CC2C)c1. The summed E-state index contributed by atoms with van der Waals surface area (Å²) in [5, 5.41) is 4.11. The minimum Gasteiger partial charge on any atom is -0.273 e. The van der Waals surface area contributed by atoms with Crippen molar-refractivity contribution in [1.29, 1.82) is 0 Å². The Labute approximate surface area is 136 Å². The van der Waals surface area contributed by atoms with E-state index in [1.54, 1.807) is 18.2 Å². The molecule has 1 atom stereocenters. The Hall–Kier alpha value is -2.21. The predicted octanol–water partition coefficient (Wildman–Crippen LogP) is 2.56. The van der Waals surface area contributed by atoms with E-state index in [1.165, 1.54) is 6.08 Å². The van der Waals surface area contributed by atoms with E-state index in [1.807, 2.05) is 26.0 Å². The number of nitrogens with one attached hydrogen (secondary N) is 1. The maximum Gasteiger partial charge on any atom is 0.240 e. The lowest BCUT2D eigenvalue weighted by atomic mass is 9.94. The Kier molecular flexibility index (Phi) is 5.15. The third-order valence-electron chi connectivity index (χ3n) is 3.60. The first kappa shape index (κ1) is 17.1. The molecule has 1 aromatic carbocycles. The molecule has 1 N–H and O–H groups in total. The molecule has 23 heavy (non-hydrogen) atoms. The van der Waals surface area contributed by atoms with E-state index in [2.05, 4.69) is 17.1 Å². The van der Waals surface area contributed by atoms with Gasteiger partial charge < -0.3 is 0 Å². The Morgan fingerprint density at radius 3 is 2.87 bits per heavy atom. The van der Waals surface area contributed by atoms with Crippen LogP contribution < -0.4 is 5.43 Å². The summed E-state index contributed by atoms with van der Waals surface area (Å²) in [5.74, 6) is -0.145. The van der Waals surface area contributed by atoms with Crippen molar-refractivity contribution in [3.63, 3.8) is 0 Å². The van der Waals surface area contributed by atoms with Crippen LogP contribution >= 0.6 is 0 Å². The molecule has 0 saturated carbocycles. The van der Waals surface area contributed by atoms with Gasteiger partial charge in [-0.1, -0.05) is 31.2 Å². The molecular weight excluding hydrogens is 312 g/mol. The van der Waals surface area contributed by atoms with Crippen molar-refractivity contribution in [2.24, 2.45) is 11.0 Å². The van der Waals surface area contributed by atoms with Gasteiger partial charge in [0.15, 0.2) is 9.84 Å². The number of allylic oxidation sites excluding steroid dienone is 1. The van der Waals surface area contributed by atoms with Gasteiger partial charge in [-0.05, 0) is 30.2 Å². The standard InChI is InChI=1S/C17H20N2O3S/c1-4-8-23(21,22)15-7-5-6-14(11-15)9-12(2)17-13(3)10-16(20)18-19-17/h4-7,9,11,13H,1,8,10H2,2-3H3,(H,18,20). The summed E-state index contributed by atoms with van der Waals surface area (Å²) in [6, 6.07) is 6.76. The van der Waals surface area contributed by atoms with E-state index in [9.17, 15) is 13.2 Å². The monoisotopic (exact) mass is 332 g/mol. The highest BCUT2D eigenvalue weighted by molar-refractivity contribution is 7.91. The first-order chi connectivity index (χ1) is 10.8. The number of carbonyl (C=O) groups excluding carboxylic acids is 1. The molecule has 0 radical (unpaired) electrons. The number of hydrazone groups is 1. The average molecular weight is 332 g/mol. The van der Waals surface area contributed by atoms with Gasteiger partial charge >= 0.3 is 0 Å². The van der Waals surface area contributed by atoms with E-state index >= 15 is 0 Å². The van der Waals surface area contributed by atoms with E-state index in [0.717, 1.165) is 16.8 Å². The molecule has 1 unspecified atom stereocenters. The number of hydrogen-bond donors (Lipinski definition) is 1. The highest BCUT2D eigenvalue weighted by Crippen LogP contribution is 2.20. The topological polar surface area (TPSA) is 75.6 Å². The molecular formula is C17H20N2O3S. The lowest BCUT2D eigenvalue weighted by Crippen LogP contribution is -2.31. The fourth-order valence-corrected chi connectivity index (χ4v) is 3.61. The second kappa shape index (κ2) is 6.91. The van der Waals surface area contributed by atoms with Crippen molar-refractivity contribution < 1.29 is 13.2 Å². The van der Waals surface area contributed by atoms with Gasteiger partial charge in [0, 0.05) is 12.3 Å². The molecule has 1 aromatic rings. The van der Waals surface area contributed by atoms with Crippen molar-refractivity contribution in [2.45, 2.75) is 25.2 Å². The predicted molar refractivity (Wildman–Crippen MR) is 91.7 cm³/mol. The normalized spacial score (nSPS) is 19.0. The molecule has 0 aliphatic carbocycles. The van der Waals surface area contributed by atoms with Crippen LogP contribution in [0.2, 0.25) is 0 Å². The van der Waals surface area contributed by atoms with Crippen LogP contribution in [-0.2, 0) is 14.6 Å². The quantitative estimate of drug-likeness (QED) is 0.842.